The number of hydrogen-bond acceptors (Lipinski definition) is 4. The molecule has 2 N–H and O–H groups in total. The minimum absolute atomic E-state index is 0.0475. The number of fused-ring (bicyclic) bond motifs is 4. The highest BCUT2D eigenvalue weighted by Crippen LogP contribution is 2.43. The molecule has 5 atom stereocenters. The van der Waals surface area contributed by atoms with E-state index in [-0.39, 0.29) is 17.2 Å². The summed E-state index contributed by atoms with van der Waals surface area (Å²) < 4.78 is 86.0. The van der Waals surface area contributed by atoms with Crippen molar-refractivity contribution in [3.05, 3.63) is 78.0 Å². The van der Waals surface area contributed by atoms with Crippen LogP contribution in [-0.4, -0.2) is 41.2 Å². The van der Waals surface area contributed by atoms with E-state index < -0.39 is 35.2 Å². The molecule has 218 valence electrons. The molecular weight excluding hydrogens is 566 g/mol. The van der Waals surface area contributed by atoms with Crippen LogP contribution >= 0.6 is 12.2 Å². The number of methoxy groups -OCH3 is 1. The van der Waals surface area contributed by atoms with Crippen molar-refractivity contribution < 1.29 is 31.1 Å². The molecule has 3 aromatic rings. The van der Waals surface area contributed by atoms with Crippen molar-refractivity contribution in [1.29, 1.82) is 0 Å². The van der Waals surface area contributed by atoms with Gasteiger partial charge in [-0.2, -0.15) is 26.3 Å². The summed E-state index contributed by atoms with van der Waals surface area (Å²) in [6.45, 7) is 5.63. The summed E-state index contributed by atoms with van der Waals surface area (Å²) in [7, 11) is 1.55. The van der Waals surface area contributed by atoms with Crippen molar-refractivity contribution >= 4 is 33.9 Å². The van der Waals surface area contributed by atoms with Crippen molar-refractivity contribution in [3.63, 3.8) is 0 Å². The van der Waals surface area contributed by atoms with Gasteiger partial charge in [0.25, 0.3) is 0 Å². The molecule has 2 aromatic carbocycles. The molecule has 5 nitrogen and oxygen atoms in total. The Hall–Kier alpha value is -3.38. The molecule has 0 amide bonds. The Morgan fingerprint density at radius 2 is 1.80 bits per heavy atom. The second-order valence-electron chi connectivity index (χ2n) is 10.4. The van der Waals surface area contributed by atoms with Gasteiger partial charge in [-0.15, -0.1) is 6.58 Å². The third kappa shape index (κ3) is 6.13. The fourth-order valence-electron chi connectivity index (χ4n) is 5.99. The van der Waals surface area contributed by atoms with Gasteiger partial charge in [-0.05, 0) is 91.5 Å². The molecule has 0 radical (unpaired) electrons. The van der Waals surface area contributed by atoms with Gasteiger partial charge >= 0.3 is 12.4 Å². The largest absolute Gasteiger partial charge is 0.497 e. The Labute approximate surface area is 238 Å². The topological polar surface area (TPSA) is 49.4 Å². The maximum atomic E-state index is 13.4. The van der Waals surface area contributed by atoms with Gasteiger partial charge in [0.05, 0.1) is 29.8 Å². The summed E-state index contributed by atoms with van der Waals surface area (Å²) in [4.78, 5) is 6.80. The van der Waals surface area contributed by atoms with E-state index >= 15 is 0 Å². The van der Waals surface area contributed by atoms with Crippen LogP contribution in [0.3, 0.4) is 0 Å². The van der Waals surface area contributed by atoms with E-state index in [1.54, 1.807) is 19.4 Å². The van der Waals surface area contributed by atoms with E-state index in [0.29, 0.717) is 35.2 Å². The molecule has 6 rings (SSSR count). The molecule has 4 heterocycles. The van der Waals surface area contributed by atoms with Crippen LogP contribution in [0.5, 0.6) is 5.75 Å². The number of rotatable bonds is 6. The van der Waals surface area contributed by atoms with Gasteiger partial charge in [0.2, 0.25) is 0 Å². The highest BCUT2D eigenvalue weighted by Gasteiger charge is 2.43. The number of aromatic nitrogens is 1. The number of benzene rings is 2. The molecule has 3 saturated heterocycles. The lowest BCUT2D eigenvalue weighted by atomic mass is 9.73. The van der Waals surface area contributed by atoms with Crippen LogP contribution in [0.25, 0.3) is 10.9 Å². The first kappa shape index (κ1) is 29.1. The van der Waals surface area contributed by atoms with Crippen LogP contribution in [0, 0.1) is 11.8 Å². The molecule has 0 aliphatic carbocycles. The average Bonchev–Trinajstić information content (AvgIpc) is 2.94. The number of ether oxygens (including phenoxy) is 1. The molecule has 2 bridgehead atoms. The number of nitrogens with one attached hydrogen (secondary N) is 2. The highest BCUT2D eigenvalue weighted by atomic mass is 32.1. The molecule has 0 spiro atoms. The van der Waals surface area contributed by atoms with Gasteiger partial charge < -0.3 is 15.4 Å². The number of nitrogens with zero attached hydrogens (tertiary/aromatic N) is 2. The molecule has 12 heteroatoms. The fourth-order valence-corrected chi connectivity index (χ4v) is 6.23. The maximum absolute atomic E-state index is 13.4. The molecule has 0 saturated carbocycles. The third-order valence-electron chi connectivity index (χ3n) is 7.99. The average molecular weight is 595 g/mol. The third-order valence-corrected chi connectivity index (χ3v) is 8.21. The first-order chi connectivity index (χ1) is 19.4. The lowest BCUT2D eigenvalue weighted by molar-refractivity contribution is -0.143. The lowest BCUT2D eigenvalue weighted by Crippen LogP contribution is -2.57. The zero-order valence-electron chi connectivity index (χ0n) is 22.0. The van der Waals surface area contributed by atoms with Crippen LogP contribution in [0.2, 0.25) is 0 Å². The molecule has 3 aliphatic heterocycles. The van der Waals surface area contributed by atoms with Gasteiger partial charge in [-0.1, -0.05) is 6.08 Å². The Morgan fingerprint density at radius 1 is 1.10 bits per heavy atom. The minimum Gasteiger partial charge on any atom is -0.497 e. The number of anilines is 1. The summed E-state index contributed by atoms with van der Waals surface area (Å²) >= 11 is 5.50. The summed E-state index contributed by atoms with van der Waals surface area (Å²) in [6.07, 6.45) is -4.48. The van der Waals surface area contributed by atoms with Crippen LogP contribution in [-0.2, 0) is 12.4 Å². The van der Waals surface area contributed by atoms with Crippen LogP contribution < -0.4 is 15.4 Å². The molecule has 1 unspecified atom stereocenters. The Bertz CT molecular complexity index is 1430. The first-order valence-electron chi connectivity index (χ1n) is 13.0. The van der Waals surface area contributed by atoms with Crippen LogP contribution in [0.15, 0.2) is 61.3 Å². The number of piperidine rings is 3. The predicted octanol–water partition coefficient (Wildman–Crippen LogP) is 7.21. The molecule has 41 heavy (non-hydrogen) atoms. The zero-order chi connectivity index (χ0) is 29.5. The number of alkyl halides is 6. The monoisotopic (exact) mass is 594 g/mol. The van der Waals surface area contributed by atoms with Gasteiger partial charge in [0.1, 0.15) is 5.75 Å². The lowest BCUT2D eigenvalue weighted by Gasteiger charge is -2.52. The maximum Gasteiger partial charge on any atom is 0.416 e. The van der Waals surface area contributed by atoms with Crippen molar-refractivity contribution in [2.75, 3.05) is 25.5 Å². The molecule has 1 aromatic heterocycles. The molecule has 3 aliphatic rings. The van der Waals surface area contributed by atoms with E-state index in [1.165, 1.54) is 0 Å². The van der Waals surface area contributed by atoms with E-state index in [0.717, 1.165) is 36.9 Å². The fraction of sp³-hybridized carbons (Fsp3) is 0.379. The summed E-state index contributed by atoms with van der Waals surface area (Å²) in [5.74, 6) is 1.35. The van der Waals surface area contributed by atoms with Gasteiger partial charge in [0.15, 0.2) is 5.11 Å². The molecule has 3 fully saturated rings. The van der Waals surface area contributed by atoms with Gasteiger partial charge in [0, 0.05) is 29.9 Å². The Balaban J connectivity index is 1.51. The Kier molecular flexibility index (Phi) is 7.90. The predicted molar refractivity (Wildman–Crippen MR) is 149 cm³/mol. The smallest absolute Gasteiger partial charge is 0.416 e. The number of hydrogen-bond donors (Lipinski definition) is 2. The minimum atomic E-state index is -4.97. The van der Waals surface area contributed by atoms with Crippen LogP contribution in [0.4, 0.5) is 32.0 Å². The zero-order valence-corrected chi connectivity index (χ0v) is 22.8. The number of pyridine rings is 1. The van der Waals surface area contributed by atoms with Gasteiger partial charge in [-0.25, -0.2) is 0 Å². The molecular formula is C29H28F6N4OS. The van der Waals surface area contributed by atoms with E-state index in [4.69, 9.17) is 17.0 Å². The van der Waals surface area contributed by atoms with Crippen molar-refractivity contribution in [2.45, 2.75) is 37.3 Å². The van der Waals surface area contributed by atoms with E-state index in [2.05, 4.69) is 27.1 Å². The van der Waals surface area contributed by atoms with Crippen molar-refractivity contribution in [2.24, 2.45) is 11.8 Å². The SMILES string of the molecule is C=C[C@@H]1CN2CC[C@@H]1C[C@H]2[C@H](NC(=S)Nc1cc(C(F)(F)F)cc(C(F)(F)F)c1)c1ccnc2ccc(OC)cc12. The number of thiocarbonyl (C=S) groups is 1. The summed E-state index contributed by atoms with van der Waals surface area (Å²) in [5.41, 5.74) is -1.71. The van der Waals surface area contributed by atoms with Crippen LogP contribution in [0.1, 0.15) is 35.6 Å². The van der Waals surface area contributed by atoms with E-state index in [1.807, 2.05) is 24.3 Å². The van der Waals surface area contributed by atoms with Crippen molar-refractivity contribution in [3.8, 4) is 5.75 Å². The highest BCUT2D eigenvalue weighted by molar-refractivity contribution is 7.80. The summed E-state index contributed by atoms with van der Waals surface area (Å²) in [6, 6.07) is 8.15. The van der Waals surface area contributed by atoms with Gasteiger partial charge in [-0.3, -0.25) is 9.88 Å². The standard InChI is InChI=1S/C29H28F6N4OS/c1-3-16-15-39-9-7-17(16)10-25(39)26(22-6-8-36-24-5-4-21(40-2)14-23(22)24)38-27(41)37-20-12-18(28(30,31)32)11-19(13-20)29(33,34)35/h3-6,8,11-14,16-17,25-26H,1,7,9-10,15H2,2H3,(H2,37,38,41)/t16-,17-,25+,26-/m1/s1. The second kappa shape index (κ2) is 11.1. The van der Waals surface area contributed by atoms with Crippen molar-refractivity contribution in [1.82, 2.24) is 15.2 Å². The second-order valence-corrected chi connectivity index (χ2v) is 10.8. The van der Waals surface area contributed by atoms with E-state index in [9.17, 15) is 26.3 Å². The Morgan fingerprint density at radius 3 is 2.39 bits per heavy atom. The summed E-state index contributed by atoms with van der Waals surface area (Å²) in [5, 5.41) is 6.52. The normalized spacial score (nSPS) is 23.2. The number of halogens is 6. The first-order valence-corrected chi connectivity index (χ1v) is 13.4. The quantitative estimate of drug-likeness (QED) is 0.179.